The van der Waals surface area contributed by atoms with Crippen molar-refractivity contribution in [1.29, 1.82) is 0 Å². The monoisotopic (exact) mass is 351 g/mol. The van der Waals surface area contributed by atoms with E-state index in [0.717, 1.165) is 5.75 Å². The van der Waals surface area contributed by atoms with Gasteiger partial charge in [0, 0.05) is 4.88 Å². The summed E-state index contributed by atoms with van der Waals surface area (Å²) < 4.78 is 7.10. The number of benzene rings is 1. The Hall–Kier alpha value is -0.840. The fourth-order valence-electron chi connectivity index (χ4n) is 2.24. The van der Waals surface area contributed by atoms with Gasteiger partial charge in [0.1, 0.15) is 5.75 Å². The zero-order valence-electron chi connectivity index (χ0n) is 11.7. The number of rotatable bonds is 5. The van der Waals surface area contributed by atoms with Crippen LogP contribution >= 0.6 is 27.3 Å². The van der Waals surface area contributed by atoms with Crippen LogP contribution in [0.15, 0.2) is 34.1 Å². The summed E-state index contributed by atoms with van der Waals surface area (Å²) in [4.78, 5) is 1.32. The molecule has 4 heteroatoms. The lowest BCUT2D eigenvalue weighted by atomic mass is 10.0. The fraction of sp³-hybridized carbons (Fsp3) is 0.375. The number of hydrogen-bond donors (Lipinski definition) is 1. The summed E-state index contributed by atoms with van der Waals surface area (Å²) in [5, 5.41) is 3.41. The van der Waals surface area contributed by atoms with Crippen molar-refractivity contribution in [3.05, 3.63) is 50.1 Å². The normalized spacial score (nSPS) is 16.1. The Morgan fingerprint density at radius 2 is 2.15 bits per heavy atom. The topological polar surface area (TPSA) is 21.3 Å². The van der Waals surface area contributed by atoms with Gasteiger partial charge in [-0.1, -0.05) is 12.1 Å². The van der Waals surface area contributed by atoms with Crippen molar-refractivity contribution in [2.75, 3.05) is 7.05 Å². The van der Waals surface area contributed by atoms with E-state index in [1.807, 2.05) is 13.1 Å². The maximum atomic E-state index is 5.89. The molecule has 1 unspecified atom stereocenters. The van der Waals surface area contributed by atoms with Crippen LogP contribution in [-0.4, -0.2) is 13.2 Å². The lowest BCUT2D eigenvalue weighted by Crippen LogP contribution is -2.16. The summed E-state index contributed by atoms with van der Waals surface area (Å²) in [5.41, 5.74) is 2.54. The predicted molar refractivity (Wildman–Crippen MR) is 87.8 cm³/mol. The molecule has 2 aromatic rings. The van der Waals surface area contributed by atoms with Crippen molar-refractivity contribution < 1.29 is 4.74 Å². The Labute approximate surface area is 132 Å². The minimum absolute atomic E-state index is 0.216. The first-order valence-electron chi connectivity index (χ1n) is 6.87. The largest absolute Gasteiger partial charge is 0.490 e. The molecule has 1 N–H and O–H groups in total. The molecule has 0 saturated heterocycles. The number of ether oxygens (including phenoxy) is 1. The van der Waals surface area contributed by atoms with Crippen molar-refractivity contribution in [2.24, 2.45) is 0 Å². The van der Waals surface area contributed by atoms with Gasteiger partial charge >= 0.3 is 0 Å². The molecule has 1 aromatic heterocycles. The standard InChI is InChI=1S/C16H18BrNOS/c1-10-8-14(20-16(10)17)15(18-2)11-4-3-5-13(9-11)19-12-6-7-12/h3-5,8-9,12,15,18H,6-7H2,1-2H3. The molecule has 0 aliphatic heterocycles. The SMILES string of the molecule is CNC(c1cccc(OC2CC2)c1)c1cc(C)c(Br)s1. The fourth-order valence-corrected chi connectivity index (χ4v) is 3.95. The molecule has 1 heterocycles. The maximum Gasteiger partial charge on any atom is 0.120 e. The van der Waals surface area contributed by atoms with Crippen molar-refractivity contribution in [1.82, 2.24) is 5.32 Å². The van der Waals surface area contributed by atoms with E-state index >= 15 is 0 Å². The van der Waals surface area contributed by atoms with Crippen LogP contribution in [0.3, 0.4) is 0 Å². The van der Waals surface area contributed by atoms with Gasteiger partial charge < -0.3 is 10.1 Å². The molecule has 3 rings (SSSR count). The first-order chi connectivity index (χ1) is 9.67. The first-order valence-corrected chi connectivity index (χ1v) is 8.48. The summed E-state index contributed by atoms with van der Waals surface area (Å²) in [7, 11) is 2.00. The molecule has 0 radical (unpaired) electrons. The van der Waals surface area contributed by atoms with Gasteiger partial charge in [0.2, 0.25) is 0 Å². The molecule has 1 aromatic carbocycles. The number of hydrogen-bond acceptors (Lipinski definition) is 3. The molecule has 106 valence electrons. The third-order valence-corrected chi connectivity index (χ3v) is 5.67. The molecule has 1 fully saturated rings. The quantitative estimate of drug-likeness (QED) is 0.844. The third kappa shape index (κ3) is 3.08. The smallest absolute Gasteiger partial charge is 0.120 e. The summed E-state index contributed by atoms with van der Waals surface area (Å²) in [6.07, 6.45) is 2.82. The van der Waals surface area contributed by atoms with E-state index in [2.05, 4.69) is 52.4 Å². The summed E-state index contributed by atoms with van der Waals surface area (Å²) >= 11 is 5.39. The van der Waals surface area contributed by atoms with E-state index in [-0.39, 0.29) is 6.04 Å². The van der Waals surface area contributed by atoms with Crippen LogP contribution in [0.2, 0.25) is 0 Å². The van der Waals surface area contributed by atoms with Crippen LogP contribution in [0.25, 0.3) is 0 Å². The lowest BCUT2D eigenvalue weighted by molar-refractivity contribution is 0.302. The molecular weight excluding hydrogens is 334 g/mol. The van der Waals surface area contributed by atoms with Crippen LogP contribution in [0.1, 0.15) is 34.9 Å². The van der Waals surface area contributed by atoms with Crippen LogP contribution < -0.4 is 10.1 Å². The summed E-state index contributed by atoms with van der Waals surface area (Å²) in [6.45, 7) is 2.13. The molecule has 2 nitrogen and oxygen atoms in total. The molecule has 1 aliphatic carbocycles. The van der Waals surface area contributed by atoms with E-state index < -0.39 is 0 Å². The summed E-state index contributed by atoms with van der Waals surface area (Å²) in [5.74, 6) is 0.984. The van der Waals surface area contributed by atoms with Crippen LogP contribution in [0, 0.1) is 6.92 Å². The minimum atomic E-state index is 0.216. The van der Waals surface area contributed by atoms with Gasteiger partial charge in [-0.3, -0.25) is 0 Å². The predicted octanol–water partition coefficient (Wildman–Crippen LogP) is 4.67. The van der Waals surface area contributed by atoms with Gasteiger partial charge in [-0.25, -0.2) is 0 Å². The van der Waals surface area contributed by atoms with Gasteiger partial charge in [0.05, 0.1) is 15.9 Å². The average molecular weight is 352 g/mol. The average Bonchev–Trinajstić information content (AvgIpc) is 3.17. The molecule has 1 saturated carbocycles. The number of aryl methyl sites for hydroxylation is 1. The molecule has 1 aliphatic rings. The maximum absolute atomic E-state index is 5.89. The molecule has 1 atom stereocenters. The Balaban J connectivity index is 1.87. The van der Waals surface area contributed by atoms with Crippen molar-refractivity contribution in [3.8, 4) is 5.75 Å². The van der Waals surface area contributed by atoms with Gasteiger partial charge in [0.15, 0.2) is 0 Å². The Bertz CT molecular complexity index is 587. The van der Waals surface area contributed by atoms with Gasteiger partial charge in [-0.05, 0) is 72.1 Å². The summed E-state index contributed by atoms with van der Waals surface area (Å²) in [6, 6.07) is 10.9. The van der Waals surface area contributed by atoms with E-state index in [1.54, 1.807) is 11.3 Å². The Morgan fingerprint density at radius 3 is 2.75 bits per heavy atom. The number of nitrogens with one attached hydrogen (secondary N) is 1. The molecule has 0 spiro atoms. The van der Waals surface area contributed by atoms with Crippen LogP contribution in [0.4, 0.5) is 0 Å². The zero-order valence-corrected chi connectivity index (χ0v) is 14.1. The van der Waals surface area contributed by atoms with Crippen LogP contribution in [-0.2, 0) is 0 Å². The van der Waals surface area contributed by atoms with E-state index in [0.29, 0.717) is 6.10 Å². The zero-order chi connectivity index (χ0) is 14.1. The molecule has 20 heavy (non-hydrogen) atoms. The highest BCUT2D eigenvalue weighted by Crippen LogP contribution is 2.35. The highest BCUT2D eigenvalue weighted by atomic mass is 79.9. The van der Waals surface area contributed by atoms with Crippen molar-refractivity contribution in [3.63, 3.8) is 0 Å². The lowest BCUT2D eigenvalue weighted by Gasteiger charge is -2.16. The molecule has 0 amide bonds. The highest BCUT2D eigenvalue weighted by Gasteiger charge is 2.24. The third-order valence-electron chi connectivity index (χ3n) is 3.47. The van der Waals surface area contributed by atoms with Gasteiger partial charge in [-0.15, -0.1) is 11.3 Å². The first kappa shape index (κ1) is 14.1. The number of halogens is 1. The Morgan fingerprint density at radius 1 is 1.35 bits per heavy atom. The van der Waals surface area contributed by atoms with Gasteiger partial charge in [0.25, 0.3) is 0 Å². The highest BCUT2D eigenvalue weighted by molar-refractivity contribution is 9.11. The van der Waals surface area contributed by atoms with Gasteiger partial charge in [-0.2, -0.15) is 0 Å². The molecular formula is C16H18BrNOS. The van der Waals surface area contributed by atoms with E-state index in [1.165, 1.54) is 32.6 Å². The van der Waals surface area contributed by atoms with Crippen LogP contribution in [0.5, 0.6) is 5.75 Å². The van der Waals surface area contributed by atoms with E-state index in [9.17, 15) is 0 Å². The second kappa shape index (κ2) is 5.88. The Kier molecular flexibility index (Phi) is 4.15. The molecule has 0 bridgehead atoms. The second-order valence-electron chi connectivity index (χ2n) is 5.22. The van der Waals surface area contributed by atoms with Crippen molar-refractivity contribution in [2.45, 2.75) is 31.9 Å². The minimum Gasteiger partial charge on any atom is -0.490 e. The number of thiophene rings is 1. The van der Waals surface area contributed by atoms with E-state index in [4.69, 9.17) is 4.74 Å². The van der Waals surface area contributed by atoms with Crippen molar-refractivity contribution >= 4 is 27.3 Å². The second-order valence-corrected chi connectivity index (χ2v) is 7.62.